The van der Waals surface area contributed by atoms with E-state index in [-0.39, 0.29) is 0 Å². The Bertz CT molecular complexity index is 287. The quantitative estimate of drug-likeness (QED) is 0.439. The fourth-order valence-electron chi connectivity index (χ4n) is 0.788. The lowest BCUT2D eigenvalue weighted by Gasteiger charge is -1.94. The largest absolute Gasteiger partial charge is 0.480 e. The monoisotopic (exact) mass is 241 g/mol. The number of hydrogen-bond acceptors (Lipinski definition) is 3. The van der Waals surface area contributed by atoms with Crippen molar-refractivity contribution in [3.63, 3.8) is 0 Å². The number of aliphatic carboxylic acids is 1. The fraction of sp³-hybridized carbons (Fsp3) is 0.538. The summed E-state index contributed by atoms with van der Waals surface area (Å²) < 4.78 is 0. The van der Waals surface area contributed by atoms with Crippen LogP contribution in [0.5, 0.6) is 0 Å². The lowest BCUT2D eigenvalue weighted by molar-refractivity contribution is -0.138. The zero-order chi connectivity index (χ0) is 13.8. The Balaban J connectivity index is 0. The number of carboxylic acids is 1. The average Bonchev–Trinajstić information content (AvgIpc) is 2.18. The molecule has 98 valence electrons. The summed E-state index contributed by atoms with van der Waals surface area (Å²) in [7, 11) is 0. The van der Waals surface area contributed by atoms with Gasteiger partial charge >= 0.3 is 5.97 Å². The third-order valence-electron chi connectivity index (χ3n) is 1.83. The summed E-state index contributed by atoms with van der Waals surface area (Å²) in [5.74, 6) is -0.963. The first kappa shape index (κ1) is 18.0. The summed E-state index contributed by atoms with van der Waals surface area (Å²) in [6.45, 7) is 7.56. The molecule has 4 heteroatoms. The van der Waals surface area contributed by atoms with E-state index in [9.17, 15) is 9.59 Å². The van der Waals surface area contributed by atoms with Crippen LogP contribution in [-0.2, 0) is 9.59 Å². The van der Waals surface area contributed by atoms with E-state index in [0.717, 1.165) is 24.7 Å². The third-order valence-corrected chi connectivity index (χ3v) is 1.83. The van der Waals surface area contributed by atoms with Crippen LogP contribution in [-0.4, -0.2) is 23.4 Å². The van der Waals surface area contributed by atoms with Crippen molar-refractivity contribution in [2.75, 3.05) is 0 Å². The van der Waals surface area contributed by atoms with Gasteiger partial charge in [0, 0.05) is 0 Å². The third kappa shape index (κ3) is 17.2. The van der Waals surface area contributed by atoms with E-state index in [2.05, 4.69) is 19.9 Å². The standard InChI is InChI=1S/C10H16O.C3H7NO2/c1-9(2)5-4-6-10(3)7-8-11;1-2(4)3(5)6/h5,7-8H,4,6H2,1-3H3;2H,4H2,1H3,(H,5,6)/b10-7+;. The second kappa shape index (κ2) is 11.1. The highest BCUT2D eigenvalue weighted by Crippen LogP contribution is 2.05. The molecule has 4 nitrogen and oxygen atoms in total. The molecule has 0 aromatic rings. The number of rotatable bonds is 5. The topological polar surface area (TPSA) is 80.4 Å². The van der Waals surface area contributed by atoms with Crippen LogP contribution in [0.3, 0.4) is 0 Å². The van der Waals surface area contributed by atoms with Crippen LogP contribution < -0.4 is 5.73 Å². The van der Waals surface area contributed by atoms with E-state index in [1.807, 2.05) is 6.92 Å². The summed E-state index contributed by atoms with van der Waals surface area (Å²) in [6.07, 6.45) is 6.68. The predicted molar refractivity (Wildman–Crippen MR) is 69.8 cm³/mol. The van der Waals surface area contributed by atoms with Gasteiger partial charge in [-0.25, -0.2) is 0 Å². The Morgan fingerprint density at radius 1 is 1.35 bits per heavy atom. The smallest absolute Gasteiger partial charge is 0.320 e. The van der Waals surface area contributed by atoms with Crippen LogP contribution in [0.4, 0.5) is 0 Å². The van der Waals surface area contributed by atoms with Gasteiger partial charge in [0.15, 0.2) is 0 Å². The van der Waals surface area contributed by atoms with E-state index in [1.54, 1.807) is 6.08 Å². The van der Waals surface area contributed by atoms with E-state index < -0.39 is 12.0 Å². The van der Waals surface area contributed by atoms with Crippen molar-refractivity contribution in [2.24, 2.45) is 5.73 Å². The van der Waals surface area contributed by atoms with Crippen molar-refractivity contribution in [2.45, 2.75) is 46.6 Å². The maximum absolute atomic E-state index is 10.0. The van der Waals surface area contributed by atoms with Gasteiger partial charge in [-0.2, -0.15) is 0 Å². The summed E-state index contributed by atoms with van der Waals surface area (Å²) in [5, 5.41) is 7.87. The number of nitrogens with two attached hydrogens (primary N) is 1. The number of carbonyl (C=O) groups excluding carboxylic acids is 1. The lowest BCUT2D eigenvalue weighted by Crippen LogP contribution is -2.25. The van der Waals surface area contributed by atoms with Crippen LogP contribution in [0.25, 0.3) is 0 Å². The minimum absolute atomic E-state index is 0.731. The Hall–Kier alpha value is -1.42. The van der Waals surface area contributed by atoms with E-state index >= 15 is 0 Å². The molecule has 0 rings (SSSR count). The number of carbonyl (C=O) groups is 2. The van der Waals surface area contributed by atoms with Crippen molar-refractivity contribution in [1.29, 1.82) is 0 Å². The normalized spacial score (nSPS) is 11.9. The first-order valence-electron chi connectivity index (χ1n) is 5.54. The summed E-state index contributed by atoms with van der Waals surface area (Å²) in [6, 6.07) is -0.731. The number of hydrogen-bond donors (Lipinski definition) is 2. The van der Waals surface area contributed by atoms with Gasteiger partial charge in [0.2, 0.25) is 0 Å². The average molecular weight is 241 g/mol. The highest BCUT2D eigenvalue weighted by molar-refractivity contribution is 5.72. The molecule has 0 aromatic heterocycles. The molecular weight excluding hydrogens is 218 g/mol. The summed E-state index contributed by atoms with van der Waals surface area (Å²) >= 11 is 0. The molecule has 1 unspecified atom stereocenters. The van der Waals surface area contributed by atoms with Gasteiger partial charge < -0.3 is 10.8 Å². The molecule has 0 aliphatic rings. The molecule has 0 aliphatic heterocycles. The van der Waals surface area contributed by atoms with Gasteiger partial charge in [-0.05, 0) is 46.6 Å². The Morgan fingerprint density at radius 2 is 1.82 bits per heavy atom. The lowest BCUT2D eigenvalue weighted by atomic mass is 10.1. The van der Waals surface area contributed by atoms with Crippen molar-refractivity contribution in [3.05, 3.63) is 23.3 Å². The van der Waals surface area contributed by atoms with Gasteiger partial charge in [-0.15, -0.1) is 0 Å². The molecule has 0 fully saturated rings. The summed E-state index contributed by atoms with van der Waals surface area (Å²) in [5.41, 5.74) is 7.32. The second-order valence-corrected chi connectivity index (χ2v) is 4.10. The van der Waals surface area contributed by atoms with E-state index in [1.165, 1.54) is 12.5 Å². The molecule has 0 heterocycles. The van der Waals surface area contributed by atoms with Gasteiger partial charge in [0.05, 0.1) is 0 Å². The van der Waals surface area contributed by atoms with Crippen molar-refractivity contribution < 1.29 is 14.7 Å². The van der Waals surface area contributed by atoms with Crippen LogP contribution in [0, 0.1) is 0 Å². The highest BCUT2D eigenvalue weighted by Gasteiger charge is 1.99. The van der Waals surface area contributed by atoms with Gasteiger partial charge in [0.1, 0.15) is 12.3 Å². The maximum atomic E-state index is 10.0. The van der Waals surface area contributed by atoms with Gasteiger partial charge in [-0.3, -0.25) is 9.59 Å². The minimum atomic E-state index is -0.963. The van der Waals surface area contributed by atoms with Crippen molar-refractivity contribution >= 4 is 12.3 Å². The zero-order valence-corrected chi connectivity index (χ0v) is 11.1. The molecule has 3 N–H and O–H groups in total. The molecule has 17 heavy (non-hydrogen) atoms. The van der Waals surface area contributed by atoms with Crippen LogP contribution in [0.1, 0.15) is 40.5 Å². The maximum Gasteiger partial charge on any atom is 0.320 e. The Labute approximate surface area is 103 Å². The summed E-state index contributed by atoms with van der Waals surface area (Å²) in [4.78, 5) is 19.6. The zero-order valence-electron chi connectivity index (χ0n) is 11.1. The van der Waals surface area contributed by atoms with Gasteiger partial charge in [-0.1, -0.05) is 17.2 Å². The van der Waals surface area contributed by atoms with Crippen LogP contribution in [0.2, 0.25) is 0 Å². The fourth-order valence-corrected chi connectivity index (χ4v) is 0.788. The molecule has 0 aromatic carbocycles. The highest BCUT2D eigenvalue weighted by atomic mass is 16.4. The Kier molecular flexibility index (Phi) is 11.7. The number of carboxylic acid groups (broad SMARTS) is 1. The van der Waals surface area contributed by atoms with Crippen molar-refractivity contribution in [1.82, 2.24) is 0 Å². The molecule has 0 saturated carbocycles. The molecule has 0 spiro atoms. The number of allylic oxidation sites excluding steroid dienone is 4. The SMILES string of the molecule is CC(C)=CCC/C(C)=C/C=O.CC(N)C(=O)O. The van der Waals surface area contributed by atoms with Crippen LogP contribution >= 0.6 is 0 Å². The molecule has 0 bridgehead atoms. The molecule has 0 amide bonds. The Morgan fingerprint density at radius 3 is 2.12 bits per heavy atom. The molecule has 0 radical (unpaired) electrons. The van der Waals surface area contributed by atoms with E-state index in [4.69, 9.17) is 10.8 Å². The minimum Gasteiger partial charge on any atom is -0.480 e. The van der Waals surface area contributed by atoms with E-state index in [0.29, 0.717) is 0 Å². The second-order valence-electron chi connectivity index (χ2n) is 4.10. The number of aldehydes is 1. The molecule has 0 aliphatic carbocycles. The first-order chi connectivity index (χ1) is 7.81. The van der Waals surface area contributed by atoms with Crippen molar-refractivity contribution in [3.8, 4) is 0 Å². The molecule has 0 saturated heterocycles. The van der Waals surface area contributed by atoms with Gasteiger partial charge in [0.25, 0.3) is 0 Å². The molecule has 1 atom stereocenters. The van der Waals surface area contributed by atoms with Crippen LogP contribution in [0.15, 0.2) is 23.3 Å². The predicted octanol–water partition coefficient (Wildman–Crippen LogP) is 2.30. The first-order valence-corrected chi connectivity index (χ1v) is 5.54. The molecular formula is C13H23NO3.